The van der Waals surface area contributed by atoms with E-state index in [1.54, 1.807) is 13.0 Å². The Morgan fingerprint density at radius 1 is 1.37 bits per heavy atom. The Balaban J connectivity index is 1.83. The first-order chi connectivity index (χ1) is 12.8. The molecule has 0 spiro atoms. The van der Waals surface area contributed by atoms with Crippen molar-refractivity contribution in [3.63, 3.8) is 0 Å². The molecule has 1 fully saturated rings. The highest BCUT2D eigenvalue weighted by atomic mass is 19.1. The number of carboxylic acids is 1. The van der Waals surface area contributed by atoms with E-state index in [2.05, 4.69) is 0 Å². The molecule has 1 saturated heterocycles. The van der Waals surface area contributed by atoms with Crippen LogP contribution in [0.25, 0.3) is 0 Å². The van der Waals surface area contributed by atoms with Gasteiger partial charge >= 0.3 is 5.97 Å². The zero-order chi connectivity index (χ0) is 19.7. The van der Waals surface area contributed by atoms with Crippen LogP contribution in [-0.4, -0.2) is 47.4 Å². The summed E-state index contributed by atoms with van der Waals surface area (Å²) in [7, 11) is 1.48. The number of benzene rings is 1. The fraction of sp³-hybridized carbons (Fsp3) is 0.316. The first kappa shape index (κ1) is 18.6. The normalized spacial score (nSPS) is 16.6. The van der Waals surface area contributed by atoms with Crippen molar-refractivity contribution in [2.75, 3.05) is 18.5 Å². The maximum absolute atomic E-state index is 14.0. The van der Waals surface area contributed by atoms with Crippen LogP contribution in [0.5, 0.6) is 0 Å². The number of hydrogen-bond donors (Lipinski definition) is 1. The molecule has 1 aromatic carbocycles. The number of carboxylic acid groups (broad SMARTS) is 1. The Kier molecular flexibility index (Phi) is 4.98. The maximum Gasteiger partial charge on any atom is 0.311 e. The third-order valence-electron chi connectivity index (χ3n) is 4.69. The number of furan rings is 1. The lowest BCUT2D eigenvalue weighted by Gasteiger charge is -2.24. The van der Waals surface area contributed by atoms with Gasteiger partial charge in [-0.2, -0.15) is 0 Å². The average Bonchev–Trinajstić information content (AvgIpc) is 3.16. The highest BCUT2D eigenvalue weighted by Gasteiger charge is 2.39. The molecule has 2 amide bonds. The van der Waals surface area contributed by atoms with Crippen molar-refractivity contribution in [2.24, 2.45) is 0 Å². The molecule has 142 valence electrons. The van der Waals surface area contributed by atoms with Gasteiger partial charge in [-0.15, -0.1) is 0 Å². The molecule has 1 aliphatic heterocycles. The van der Waals surface area contributed by atoms with Crippen LogP contribution in [0, 0.1) is 12.7 Å². The lowest BCUT2D eigenvalue weighted by Crippen LogP contribution is -2.43. The molecule has 1 N–H and O–H groups in total. The van der Waals surface area contributed by atoms with E-state index in [1.165, 1.54) is 41.3 Å². The molecule has 2 aromatic rings. The first-order valence-corrected chi connectivity index (χ1v) is 8.43. The summed E-state index contributed by atoms with van der Waals surface area (Å²) in [5, 5.41) is 8.98. The number of aliphatic carboxylic acids is 1. The van der Waals surface area contributed by atoms with E-state index in [4.69, 9.17) is 9.52 Å². The van der Waals surface area contributed by atoms with Crippen LogP contribution in [0.4, 0.5) is 10.1 Å². The standard InChI is InChI=1S/C19H19FN2O5/c1-11-10-27-15(9-16(23)24)17(11)19(26)21(2)14-7-8-22(18(14)25)13-6-4-3-5-12(13)20/h3-6,10,14H,7-9H2,1-2H3,(H,23,24). The Morgan fingerprint density at radius 3 is 2.74 bits per heavy atom. The second kappa shape index (κ2) is 7.22. The minimum atomic E-state index is -1.12. The van der Waals surface area contributed by atoms with Gasteiger partial charge in [0, 0.05) is 19.2 Å². The maximum atomic E-state index is 14.0. The lowest BCUT2D eigenvalue weighted by atomic mass is 10.1. The smallest absolute Gasteiger partial charge is 0.311 e. The second-order valence-corrected chi connectivity index (χ2v) is 6.45. The second-order valence-electron chi connectivity index (χ2n) is 6.45. The van der Waals surface area contributed by atoms with E-state index >= 15 is 0 Å². The Labute approximate surface area is 155 Å². The number of aryl methyl sites for hydroxylation is 1. The van der Waals surface area contributed by atoms with Gasteiger partial charge in [-0.05, 0) is 25.5 Å². The number of amides is 2. The Morgan fingerprint density at radius 2 is 2.07 bits per heavy atom. The number of likely N-dealkylation sites (N-methyl/N-ethyl adjacent to an activating group) is 1. The van der Waals surface area contributed by atoms with Gasteiger partial charge in [0.25, 0.3) is 5.91 Å². The van der Waals surface area contributed by atoms with Gasteiger partial charge in [0.2, 0.25) is 5.91 Å². The summed E-state index contributed by atoms with van der Waals surface area (Å²) in [6, 6.07) is 5.21. The minimum Gasteiger partial charge on any atom is -0.481 e. The van der Waals surface area contributed by atoms with E-state index < -0.39 is 30.2 Å². The monoisotopic (exact) mass is 374 g/mol. The van der Waals surface area contributed by atoms with Crippen molar-refractivity contribution < 1.29 is 28.3 Å². The van der Waals surface area contributed by atoms with Crippen molar-refractivity contribution in [1.29, 1.82) is 0 Å². The molecule has 1 aliphatic rings. The molecule has 1 aromatic heterocycles. The highest BCUT2D eigenvalue weighted by Crippen LogP contribution is 2.28. The lowest BCUT2D eigenvalue weighted by molar-refractivity contribution is -0.136. The van der Waals surface area contributed by atoms with Crippen LogP contribution in [0.2, 0.25) is 0 Å². The summed E-state index contributed by atoms with van der Waals surface area (Å²) in [5.74, 6) is -2.45. The number of hydrogen-bond acceptors (Lipinski definition) is 4. The first-order valence-electron chi connectivity index (χ1n) is 8.43. The molecule has 7 nitrogen and oxygen atoms in total. The van der Waals surface area contributed by atoms with Gasteiger partial charge in [-0.25, -0.2) is 4.39 Å². The Bertz CT molecular complexity index is 907. The van der Waals surface area contributed by atoms with Gasteiger partial charge in [-0.3, -0.25) is 14.4 Å². The fourth-order valence-corrected chi connectivity index (χ4v) is 3.30. The van der Waals surface area contributed by atoms with E-state index in [1.807, 2.05) is 0 Å². The van der Waals surface area contributed by atoms with Crippen LogP contribution in [-0.2, 0) is 16.0 Å². The quantitative estimate of drug-likeness (QED) is 0.867. The molecule has 27 heavy (non-hydrogen) atoms. The highest BCUT2D eigenvalue weighted by molar-refractivity contribution is 6.04. The number of para-hydroxylation sites is 1. The molecule has 0 aliphatic carbocycles. The van der Waals surface area contributed by atoms with Crippen LogP contribution in [0.3, 0.4) is 0 Å². The van der Waals surface area contributed by atoms with Crippen molar-refractivity contribution in [1.82, 2.24) is 4.90 Å². The molecule has 0 bridgehead atoms. The zero-order valence-electron chi connectivity index (χ0n) is 14.9. The molecular formula is C19H19FN2O5. The summed E-state index contributed by atoms with van der Waals surface area (Å²) in [5.41, 5.74) is 0.827. The van der Waals surface area contributed by atoms with Crippen molar-refractivity contribution in [2.45, 2.75) is 25.8 Å². The van der Waals surface area contributed by atoms with Crippen LogP contribution in [0.1, 0.15) is 28.1 Å². The van der Waals surface area contributed by atoms with E-state index in [0.29, 0.717) is 12.0 Å². The third-order valence-corrected chi connectivity index (χ3v) is 4.69. The van der Waals surface area contributed by atoms with Crippen molar-refractivity contribution in [3.8, 4) is 0 Å². The number of carbonyl (C=O) groups excluding carboxylic acids is 2. The largest absolute Gasteiger partial charge is 0.481 e. The van der Waals surface area contributed by atoms with E-state index in [-0.39, 0.29) is 29.5 Å². The van der Waals surface area contributed by atoms with Gasteiger partial charge in [0.1, 0.15) is 24.0 Å². The number of rotatable bonds is 5. The van der Waals surface area contributed by atoms with Gasteiger partial charge in [0.05, 0.1) is 17.5 Å². The third kappa shape index (κ3) is 3.42. The fourth-order valence-electron chi connectivity index (χ4n) is 3.30. The van der Waals surface area contributed by atoms with Crippen molar-refractivity contribution >= 4 is 23.5 Å². The van der Waals surface area contributed by atoms with E-state index in [0.717, 1.165) is 0 Å². The summed E-state index contributed by atoms with van der Waals surface area (Å²) >= 11 is 0. The van der Waals surface area contributed by atoms with Gasteiger partial charge in [0.15, 0.2) is 0 Å². The van der Waals surface area contributed by atoms with Gasteiger partial charge < -0.3 is 19.3 Å². The SMILES string of the molecule is Cc1coc(CC(=O)O)c1C(=O)N(C)C1CCN(c2ccccc2F)C1=O. The predicted molar refractivity (Wildman–Crippen MR) is 94.0 cm³/mol. The van der Waals surface area contributed by atoms with Crippen molar-refractivity contribution in [3.05, 3.63) is 53.2 Å². The molecule has 0 saturated carbocycles. The van der Waals surface area contributed by atoms with Crippen LogP contribution in [0.15, 0.2) is 34.9 Å². The molecule has 0 radical (unpaired) electrons. The summed E-state index contributed by atoms with van der Waals surface area (Å²) in [4.78, 5) is 39.2. The average molecular weight is 374 g/mol. The number of nitrogens with zero attached hydrogens (tertiary/aromatic N) is 2. The molecule has 2 heterocycles. The van der Waals surface area contributed by atoms with Gasteiger partial charge in [-0.1, -0.05) is 12.1 Å². The van der Waals surface area contributed by atoms with E-state index in [9.17, 15) is 18.8 Å². The minimum absolute atomic E-state index is 0.0493. The summed E-state index contributed by atoms with van der Waals surface area (Å²) < 4.78 is 19.2. The summed E-state index contributed by atoms with van der Waals surface area (Å²) in [6.45, 7) is 1.92. The number of anilines is 1. The summed E-state index contributed by atoms with van der Waals surface area (Å²) in [6.07, 6.45) is 1.24. The number of halogens is 1. The number of carbonyl (C=O) groups is 3. The zero-order valence-corrected chi connectivity index (χ0v) is 14.9. The molecule has 3 rings (SSSR count). The van der Waals surface area contributed by atoms with Crippen LogP contribution >= 0.6 is 0 Å². The Hall–Kier alpha value is -3.16. The molecular weight excluding hydrogens is 355 g/mol. The van der Waals surface area contributed by atoms with Crippen LogP contribution < -0.4 is 4.90 Å². The molecule has 1 atom stereocenters. The topological polar surface area (TPSA) is 91.1 Å². The molecule has 1 unspecified atom stereocenters. The molecule has 8 heteroatoms. The predicted octanol–water partition coefficient (Wildman–Crippen LogP) is 2.23.